The van der Waals surface area contributed by atoms with E-state index >= 15 is 0 Å². The van der Waals surface area contributed by atoms with Crippen LogP contribution in [0.15, 0.2) is 24.4 Å². The summed E-state index contributed by atoms with van der Waals surface area (Å²) >= 11 is 1.75. The van der Waals surface area contributed by atoms with Crippen LogP contribution < -0.4 is 10.1 Å². The average molecular weight is 288 g/mol. The fourth-order valence-electron chi connectivity index (χ4n) is 2.57. The van der Waals surface area contributed by atoms with Crippen LogP contribution in [0.25, 0.3) is 0 Å². The molecule has 1 aromatic carbocycles. The van der Waals surface area contributed by atoms with Crippen LogP contribution in [0.5, 0.6) is 5.75 Å². The van der Waals surface area contributed by atoms with Gasteiger partial charge in [0.2, 0.25) is 0 Å². The molecule has 0 atom stereocenters. The molecule has 3 nitrogen and oxygen atoms in total. The first kappa shape index (κ1) is 13.6. The van der Waals surface area contributed by atoms with Crippen molar-refractivity contribution < 1.29 is 4.74 Å². The van der Waals surface area contributed by atoms with Gasteiger partial charge in [0.15, 0.2) is 0 Å². The van der Waals surface area contributed by atoms with Crippen molar-refractivity contribution in [2.75, 3.05) is 0 Å². The summed E-state index contributed by atoms with van der Waals surface area (Å²) in [5, 5.41) is 4.60. The molecule has 0 amide bonds. The highest BCUT2D eigenvalue weighted by atomic mass is 32.1. The van der Waals surface area contributed by atoms with E-state index in [-0.39, 0.29) is 5.60 Å². The molecule has 0 saturated heterocycles. The maximum atomic E-state index is 5.90. The predicted octanol–water partition coefficient (Wildman–Crippen LogP) is 3.45. The number of fused-ring (bicyclic) bond motifs is 1. The van der Waals surface area contributed by atoms with Crippen LogP contribution in [0, 0.1) is 6.92 Å². The molecule has 20 heavy (non-hydrogen) atoms. The molecule has 1 aromatic heterocycles. The van der Waals surface area contributed by atoms with Crippen LogP contribution in [-0.2, 0) is 19.5 Å². The number of thiazole rings is 1. The lowest BCUT2D eigenvalue weighted by Crippen LogP contribution is -2.24. The smallest absolute Gasteiger partial charge is 0.123 e. The molecule has 106 valence electrons. The summed E-state index contributed by atoms with van der Waals surface area (Å²) in [6.07, 6.45) is 2.92. The minimum absolute atomic E-state index is 0.0627. The van der Waals surface area contributed by atoms with E-state index in [9.17, 15) is 0 Å². The first-order valence-electron chi connectivity index (χ1n) is 6.95. The molecular formula is C16H20N2OS. The van der Waals surface area contributed by atoms with Crippen molar-refractivity contribution in [3.63, 3.8) is 0 Å². The van der Waals surface area contributed by atoms with Crippen LogP contribution in [0.4, 0.5) is 0 Å². The topological polar surface area (TPSA) is 34.2 Å². The zero-order valence-electron chi connectivity index (χ0n) is 12.2. The fourth-order valence-corrected chi connectivity index (χ4v) is 3.33. The van der Waals surface area contributed by atoms with Gasteiger partial charge in [-0.15, -0.1) is 11.3 Å². The van der Waals surface area contributed by atoms with Gasteiger partial charge in [0.05, 0.1) is 0 Å². The number of nitrogens with zero attached hydrogens (tertiary/aromatic N) is 1. The first-order valence-corrected chi connectivity index (χ1v) is 7.76. The van der Waals surface area contributed by atoms with Gasteiger partial charge in [0, 0.05) is 30.6 Å². The van der Waals surface area contributed by atoms with E-state index in [0.717, 1.165) is 30.3 Å². The van der Waals surface area contributed by atoms with Gasteiger partial charge in [-0.1, -0.05) is 12.1 Å². The van der Waals surface area contributed by atoms with Crippen molar-refractivity contribution in [3.05, 3.63) is 45.4 Å². The fraction of sp³-hybridized carbons (Fsp3) is 0.438. The van der Waals surface area contributed by atoms with Crippen molar-refractivity contribution in [2.45, 2.75) is 45.9 Å². The lowest BCUT2D eigenvalue weighted by Gasteiger charge is -2.16. The highest BCUT2D eigenvalue weighted by Gasteiger charge is 2.29. The van der Waals surface area contributed by atoms with Crippen LogP contribution in [0.3, 0.4) is 0 Å². The van der Waals surface area contributed by atoms with E-state index in [2.05, 4.69) is 49.3 Å². The molecule has 0 spiro atoms. The number of ether oxygens (including phenoxy) is 1. The number of aromatic nitrogens is 1. The largest absolute Gasteiger partial charge is 0.487 e. The van der Waals surface area contributed by atoms with Crippen LogP contribution in [-0.4, -0.2) is 10.6 Å². The lowest BCUT2D eigenvalue weighted by molar-refractivity contribution is 0.138. The number of hydrogen-bond donors (Lipinski definition) is 1. The summed E-state index contributed by atoms with van der Waals surface area (Å²) in [5.74, 6) is 1.04. The molecule has 0 aliphatic carbocycles. The zero-order valence-corrected chi connectivity index (χ0v) is 13.0. The molecule has 0 fully saturated rings. The van der Waals surface area contributed by atoms with Gasteiger partial charge in [-0.05, 0) is 38.0 Å². The van der Waals surface area contributed by atoms with Gasteiger partial charge in [-0.2, -0.15) is 0 Å². The average Bonchev–Trinajstić information content (AvgIpc) is 2.90. The molecule has 1 N–H and O–H groups in total. The zero-order chi connectivity index (χ0) is 14.2. The van der Waals surface area contributed by atoms with E-state index in [0.29, 0.717) is 0 Å². The minimum atomic E-state index is -0.0627. The second-order valence-corrected chi connectivity index (χ2v) is 7.27. The monoisotopic (exact) mass is 288 g/mol. The Balaban J connectivity index is 1.59. The van der Waals surface area contributed by atoms with Crippen molar-refractivity contribution >= 4 is 11.3 Å². The number of hydrogen-bond acceptors (Lipinski definition) is 4. The van der Waals surface area contributed by atoms with Gasteiger partial charge < -0.3 is 10.1 Å². The van der Waals surface area contributed by atoms with Gasteiger partial charge in [-0.25, -0.2) is 4.98 Å². The third-order valence-electron chi connectivity index (χ3n) is 3.40. The summed E-state index contributed by atoms with van der Waals surface area (Å²) in [7, 11) is 0. The molecule has 1 aliphatic rings. The normalized spacial score (nSPS) is 15.9. The SMILES string of the molecule is Cc1cnc(CNCc2ccc3c(c2)CC(C)(C)O3)s1. The van der Waals surface area contributed by atoms with E-state index < -0.39 is 0 Å². The van der Waals surface area contributed by atoms with Gasteiger partial charge in [0.25, 0.3) is 0 Å². The maximum absolute atomic E-state index is 5.90. The van der Waals surface area contributed by atoms with Gasteiger partial charge in [-0.3, -0.25) is 0 Å². The van der Waals surface area contributed by atoms with E-state index in [4.69, 9.17) is 4.74 Å². The van der Waals surface area contributed by atoms with Gasteiger partial charge in [0.1, 0.15) is 16.4 Å². The van der Waals surface area contributed by atoms with Gasteiger partial charge >= 0.3 is 0 Å². The minimum Gasteiger partial charge on any atom is -0.487 e. The molecule has 3 rings (SSSR count). The van der Waals surface area contributed by atoms with E-state index in [1.54, 1.807) is 11.3 Å². The molecule has 2 aromatic rings. The molecule has 0 radical (unpaired) electrons. The number of benzene rings is 1. The van der Waals surface area contributed by atoms with E-state index in [1.165, 1.54) is 16.0 Å². The third-order valence-corrected chi connectivity index (χ3v) is 4.31. The quantitative estimate of drug-likeness (QED) is 0.935. The molecule has 0 bridgehead atoms. The Morgan fingerprint density at radius 1 is 1.35 bits per heavy atom. The maximum Gasteiger partial charge on any atom is 0.123 e. The first-order chi connectivity index (χ1) is 9.52. The van der Waals surface area contributed by atoms with E-state index in [1.807, 2.05) is 6.20 Å². The molecule has 1 aliphatic heterocycles. The summed E-state index contributed by atoms with van der Waals surface area (Å²) in [6, 6.07) is 6.49. The lowest BCUT2D eigenvalue weighted by atomic mass is 10.0. The number of aryl methyl sites for hydroxylation is 1. The molecule has 2 heterocycles. The second kappa shape index (κ2) is 5.19. The van der Waals surface area contributed by atoms with Crippen molar-refractivity contribution in [2.24, 2.45) is 0 Å². The summed E-state index contributed by atoms with van der Waals surface area (Å²) in [4.78, 5) is 5.62. The highest BCUT2D eigenvalue weighted by Crippen LogP contribution is 2.35. The molecule has 4 heteroatoms. The highest BCUT2D eigenvalue weighted by molar-refractivity contribution is 7.11. The summed E-state index contributed by atoms with van der Waals surface area (Å²) < 4.78 is 5.90. The predicted molar refractivity (Wildman–Crippen MR) is 82.2 cm³/mol. The Morgan fingerprint density at radius 2 is 2.20 bits per heavy atom. The third kappa shape index (κ3) is 3.02. The molecule has 0 unspecified atom stereocenters. The van der Waals surface area contributed by atoms with Crippen molar-refractivity contribution in [1.29, 1.82) is 0 Å². The Labute approximate surface area is 124 Å². The van der Waals surface area contributed by atoms with Crippen LogP contribution >= 0.6 is 11.3 Å². The van der Waals surface area contributed by atoms with Crippen molar-refractivity contribution in [1.82, 2.24) is 10.3 Å². The standard InChI is InChI=1S/C16H20N2OS/c1-11-8-18-15(20-11)10-17-9-12-4-5-14-13(6-12)7-16(2,3)19-14/h4-6,8,17H,7,9-10H2,1-3H3. The second-order valence-electron chi connectivity index (χ2n) is 5.95. The van der Waals surface area contributed by atoms with Crippen LogP contribution in [0.1, 0.15) is 34.9 Å². The Morgan fingerprint density at radius 3 is 2.95 bits per heavy atom. The van der Waals surface area contributed by atoms with Crippen molar-refractivity contribution in [3.8, 4) is 5.75 Å². The van der Waals surface area contributed by atoms with Crippen LogP contribution in [0.2, 0.25) is 0 Å². The Bertz CT molecular complexity index is 619. The number of rotatable bonds is 4. The molecular weight excluding hydrogens is 268 g/mol. The summed E-state index contributed by atoms with van der Waals surface area (Å²) in [5.41, 5.74) is 2.56. The Kier molecular flexibility index (Phi) is 3.52. The summed E-state index contributed by atoms with van der Waals surface area (Å²) in [6.45, 7) is 8.05. The number of nitrogens with one attached hydrogen (secondary N) is 1. The Hall–Kier alpha value is -1.39. The molecule has 0 saturated carbocycles.